The Balaban J connectivity index is 1.63. The van der Waals surface area contributed by atoms with E-state index in [1.54, 1.807) is 0 Å². The Morgan fingerprint density at radius 1 is 1.15 bits per heavy atom. The smallest absolute Gasteiger partial charge is 0.242 e. The van der Waals surface area contributed by atoms with Crippen LogP contribution in [-0.2, 0) is 4.79 Å². The zero-order valence-electron chi connectivity index (χ0n) is 11.8. The van der Waals surface area contributed by atoms with Crippen molar-refractivity contribution < 1.29 is 4.79 Å². The maximum absolute atomic E-state index is 12.3. The van der Waals surface area contributed by atoms with Gasteiger partial charge in [0.05, 0.1) is 0 Å². The number of carbonyl (C=O) groups excluding carboxylic acids is 1. The Hall–Kier alpha value is -1.02. The molecular weight excluding hydrogens is 270 g/mol. The van der Waals surface area contributed by atoms with Crippen LogP contribution >= 0.6 is 11.6 Å². The highest BCUT2D eigenvalue weighted by Crippen LogP contribution is 2.41. The molecule has 0 bridgehead atoms. The van der Waals surface area contributed by atoms with Crippen LogP contribution in [0.2, 0.25) is 0 Å². The van der Waals surface area contributed by atoms with Crippen molar-refractivity contribution in [2.24, 2.45) is 0 Å². The van der Waals surface area contributed by atoms with Crippen LogP contribution in [0.25, 0.3) is 0 Å². The van der Waals surface area contributed by atoms with Gasteiger partial charge in [0, 0.05) is 6.04 Å². The highest BCUT2D eigenvalue weighted by atomic mass is 35.5. The molecule has 1 amide bonds. The summed E-state index contributed by atoms with van der Waals surface area (Å²) >= 11 is 6.36. The largest absolute Gasteiger partial charge is 0.352 e. The van der Waals surface area contributed by atoms with Gasteiger partial charge in [0.25, 0.3) is 0 Å². The van der Waals surface area contributed by atoms with Crippen LogP contribution in [0.5, 0.6) is 0 Å². The number of nitrogens with one attached hydrogen (secondary N) is 1. The van der Waals surface area contributed by atoms with Crippen molar-refractivity contribution in [3.05, 3.63) is 35.4 Å². The monoisotopic (exact) mass is 291 g/mol. The van der Waals surface area contributed by atoms with Gasteiger partial charge in [0.15, 0.2) is 0 Å². The van der Waals surface area contributed by atoms with E-state index < -0.39 is 5.38 Å². The zero-order valence-corrected chi connectivity index (χ0v) is 12.5. The topological polar surface area (TPSA) is 29.1 Å². The average molecular weight is 292 g/mol. The molecule has 1 N–H and O–H groups in total. The first kappa shape index (κ1) is 13.9. The quantitative estimate of drug-likeness (QED) is 0.824. The van der Waals surface area contributed by atoms with E-state index in [1.807, 2.05) is 12.1 Å². The Bertz CT molecular complexity index is 478. The standard InChI is InChI=1S/C17H22ClNO/c18-16(17(20)19-15-7-2-1-3-8-15)14-6-4-5-13(11-14)12-9-10-12/h4-6,11-12,15-16H,1-3,7-10H2,(H,19,20). The first-order valence-corrected chi connectivity index (χ1v) is 8.22. The Labute approximate surface area is 125 Å². The van der Waals surface area contributed by atoms with E-state index in [0.717, 1.165) is 18.4 Å². The molecule has 2 saturated carbocycles. The number of hydrogen-bond donors (Lipinski definition) is 1. The maximum Gasteiger partial charge on any atom is 0.242 e. The Kier molecular flexibility index (Phi) is 4.30. The number of rotatable bonds is 4. The summed E-state index contributed by atoms with van der Waals surface area (Å²) in [6, 6.07) is 8.56. The molecule has 2 nitrogen and oxygen atoms in total. The minimum absolute atomic E-state index is 0.0356. The fourth-order valence-electron chi connectivity index (χ4n) is 3.06. The van der Waals surface area contributed by atoms with E-state index in [4.69, 9.17) is 11.6 Å². The lowest BCUT2D eigenvalue weighted by molar-refractivity contribution is -0.121. The average Bonchev–Trinajstić information content (AvgIpc) is 3.32. The lowest BCUT2D eigenvalue weighted by atomic mass is 9.95. The molecule has 1 atom stereocenters. The third-order valence-corrected chi connectivity index (χ3v) is 4.88. The van der Waals surface area contributed by atoms with Gasteiger partial charge in [-0.15, -0.1) is 11.6 Å². The minimum atomic E-state index is -0.560. The van der Waals surface area contributed by atoms with Gasteiger partial charge in [-0.2, -0.15) is 0 Å². The van der Waals surface area contributed by atoms with Gasteiger partial charge < -0.3 is 5.32 Å². The van der Waals surface area contributed by atoms with Crippen LogP contribution in [0.4, 0.5) is 0 Å². The van der Waals surface area contributed by atoms with Gasteiger partial charge in [0.2, 0.25) is 5.91 Å². The molecule has 1 aromatic rings. The summed E-state index contributed by atoms with van der Waals surface area (Å²) in [5, 5.41) is 2.55. The van der Waals surface area contributed by atoms with E-state index in [-0.39, 0.29) is 5.91 Å². The summed E-state index contributed by atoms with van der Waals surface area (Å²) in [6.45, 7) is 0. The Morgan fingerprint density at radius 3 is 2.60 bits per heavy atom. The third-order valence-electron chi connectivity index (χ3n) is 4.43. The van der Waals surface area contributed by atoms with E-state index in [2.05, 4.69) is 17.4 Å². The van der Waals surface area contributed by atoms with E-state index in [1.165, 1.54) is 37.7 Å². The molecule has 1 unspecified atom stereocenters. The van der Waals surface area contributed by atoms with Gasteiger partial charge in [-0.1, -0.05) is 43.5 Å². The molecule has 2 aliphatic carbocycles. The predicted octanol–water partition coefficient (Wildman–Crippen LogP) is 4.29. The van der Waals surface area contributed by atoms with Gasteiger partial charge in [-0.05, 0) is 42.7 Å². The van der Waals surface area contributed by atoms with Crippen molar-refractivity contribution in [1.82, 2.24) is 5.32 Å². The van der Waals surface area contributed by atoms with Crippen molar-refractivity contribution in [1.29, 1.82) is 0 Å². The fourth-order valence-corrected chi connectivity index (χ4v) is 3.26. The highest BCUT2D eigenvalue weighted by Gasteiger charge is 2.26. The second kappa shape index (κ2) is 6.17. The number of carbonyl (C=O) groups is 1. The van der Waals surface area contributed by atoms with Crippen molar-refractivity contribution in [2.75, 3.05) is 0 Å². The number of alkyl halides is 1. The summed E-state index contributed by atoms with van der Waals surface area (Å²) in [7, 11) is 0. The van der Waals surface area contributed by atoms with E-state index >= 15 is 0 Å². The van der Waals surface area contributed by atoms with Crippen molar-refractivity contribution >= 4 is 17.5 Å². The second-order valence-electron chi connectivity index (χ2n) is 6.15. The molecule has 0 spiro atoms. The summed E-state index contributed by atoms with van der Waals surface area (Å²) in [6.07, 6.45) is 8.45. The molecule has 0 saturated heterocycles. The molecule has 0 radical (unpaired) electrons. The lowest BCUT2D eigenvalue weighted by Gasteiger charge is -2.24. The van der Waals surface area contributed by atoms with Gasteiger partial charge in [-0.3, -0.25) is 4.79 Å². The lowest BCUT2D eigenvalue weighted by Crippen LogP contribution is -2.38. The molecule has 0 heterocycles. The van der Waals surface area contributed by atoms with Crippen LogP contribution in [0.15, 0.2) is 24.3 Å². The van der Waals surface area contributed by atoms with E-state index in [0.29, 0.717) is 12.0 Å². The number of halogens is 1. The first-order chi connectivity index (χ1) is 9.74. The van der Waals surface area contributed by atoms with Gasteiger partial charge in [0.1, 0.15) is 5.38 Å². The second-order valence-corrected chi connectivity index (χ2v) is 6.59. The third kappa shape index (κ3) is 3.35. The van der Waals surface area contributed by atoms with E-state index in [9.17, 15) is 4.79 Å². The summed E-state index contributed by atoms with van der Waals surface area (Å²) < 4.78 is 0. The van der Waals surface area contributed by atoms with Gasteiger partial charge in [-0.25, -0.2) is 0 Å². The summed E-state index contributed by atoms with van der Waals surface area (Å²) in [5.41, 5.74) is 2.27. The van der Waals surface area contributed by atoms with Crippen LogP contribution in [-0.4, -0.2) is 11.9 Å². The molecule has 3 heteroatoms. The maximum atomic E-state index is 12.3. The van der Waals surface area contributed by atoms with Gasteiger partial charge >= 0.3 is 0 Å². The Morgan fingerprint density at radius 2 is 1.90 bits per heavy atom. The molecule has 3 rings (SSSR count). The van der Waals surface area contributed by atoms with Crippen LogP contribution in [0.3, 0.4) is 0 Å². The summed E-state index contributed by atoms with van der Waals surface area (Å²) in [5.74, 6) is 0.659. The number of amides is 1. The molecule has 0 aromatic heterocycles. The van der Waals surface area contributed by atoms with Crippen molar-refractivity contribution in [3.63, 3.8) is 0 Å². The molecular formula is C17H22ClNO. The molecule has 2 aliphatic rings. The number of benzene rings is 1. The molecule has 20 heavy (non-hydrogen) atoms. The van der Waals surface area contributed by atoms with Crippen LogP contribution < -0.4 is 5.32 Å². The normalized spacial score (nSPS) is 21.4. The highest BCUT2D eigenvalue weighted by molar-refractivity contribution is 6.30. The first-order valence-electron chi connectivity index (χ1n) is 7.78. The number of hydrogen-bond acceptors (Lipinski definition) is 1. The summed E-state index contributed by atoms with van der Waals surface area (Å²) in [4.78, 5) is 12.3. The minimum Gasteiger partial charge on any atom is -0.352 e. The molecule has 1 aromatic carbocycles. The molecule has 2 fully saturated rings. The SMILES string of the molecule is O=C(NC1CCCCC1)C(Cl)c1cccc(C2CC2)c1. The van der Waals surface area contributed by atoms with Crippen LogP contribution in [0.1, 0.15) is 67.4 Å². The zero-order chi connectivity index (χ0) is 13.9. The molecule has 0 aliphatic heterocycles. The van der Waals surface area contributed by atoms with Crippen LogP contribution in [0, 0.1) is 0 Å². The van der Waals surface area contributed by atoms with Crippen molar-refractivity contribution in [2.45, 2.75) is 62.3 Å². The fraction of sp³-hybridized carbons (Fsp3) is 0.588. The van der Waals surface area contributed by atoms with Crippen molar-refractivity contribution in [3.8, 4) is 0 Å². The predicted molar refractivity (Wildman–Crippen MR) is 82.0 cm³/mol. The molecule has 108 valence electrons.